The molecule has 43 heavy (non-hydrogen) atoms. The SMILES string of the molecule is O=C1C2CCC1CC(S(=O)(=O)N[C@H]1CC3=C(c4ccn(C(F)F)n4)[C@H](c4ccc(F)cc4Cl)N=C(c4nccs4)N3C1)C2. The quantitative estimate of drug-likeness (QED) is 0.377. The lowest BCUT2D eigenvalue weighted by molar-refractivity contribution is -0.125. The molecule has 2 bridgehead atoms. The van der Waals surface area contributed by atoms with Crippen LogP contribution < -0.4 is 4.72 Å². The predicted molar refractivity (Wildman–Crippen MR) is 155 cm³/mol. The maximum Gasteiger partial charge on any atom is 0.333 e. The van der Waals surface area contributed by atoms with Gasteiger partial charge in [0.2, 0.25) is 10.0 Å². The minimum atomic E-state index is -3.78. The summed E-state index contributed by atoms with van der Waals surface area (Å²) in [6, 6.07) is 3.94. The second-order valence-corrected chi connectivity index (χ2v) is 14.6. The van der Waals surface area contributed by atoms with Gasteiger partial charge in [-0.3, -0.25) is 9.79 Å². The Bertz CT molecular complexity index is 1740. The van der Waals surface area contributed by atoms with Gasteiger partial charge >= 0.3 is 6.55 Å². The number of aliphatic imine (C=N–C) groups is 1. The van der Waals surface area contributed by atoms with Crippen LogP contribution in [-0.4, -0.2) is 57.5 Å². The predicted octanol–water partition coefficient (Wildman–Crippen LogP) is 5.19. The van der Waals surface area contributed by atoms with Crippen LogP contribution in [0.1, 0.15) is 61.0 Å². The molecule has 1 N–H and O–H groups in total. The summed E-state index contributed by atoms with van der Waals surface area (Å²) in [6.07, 6.45) is 5.10. The number of thiazole rings is 1. The molecule has 7 rings (SSSR count). The highest BCUT2D eigenvalue weighted by atomic mass is 35.5. The molecule has 2 aliphatic carbocycles. The van der Waals surface area contributed by atoms with E-state index in [1.54, 1.807) is 11.6 Å². The van der Waals surface area contributed by atoms with Crippen molar-refractivity contribution in [1.82, 2.24) is 24.4 Å². The summed E-state index contributed by atoms with van der Waals surface area (Å²) in [6.45, 7) is -2.66. The van der Waals surface area contributed by atoms with Gasteiger partial charge in [0.1, 0.15) is 17.6 Å². The van der Waals surface area contributed by atoms with Gasteiger partial charge in [0.15, 0.2) is 10.8 Å². The average molecular weight is 651 g/mol. The molecule has 0 amide bonds. The molecule has 4 heterocycles. The lowest BCUT2D eigenvalue weighted by atomic mass is 9.87. The van der Waals surface area contributed by atoms with E-state index in [0.717, 1.165) is 25.1 Å². The monoisotopic (exact) mass is 650 g/mol. The molecule has 4 aliphatic rings. The van der Waals surface area contributed by atoms with Crippen molar-refractivity contribution in [3.05, 3.63) is 74.8 Å². The number of amidine groups is 1. The zero-order valence-corrected chi connectivity index (χ0v) is 24.9. The van der Waals surface area contributed by atoms with E-state index in [1.165, 1.54) is 29.5 Å². The first-order valence-electron chi connectivity index (χ1n) is 13.9. The van der Waals surface area contributed by atoms with Crippen LogP contribution in [0, 0.1) is 17.7 Å². The maximum atomic E-state index is 14.0. The third kappa shape index (κ3) is 5.11. The van der Waals surface area contributed by atoms with E-state index in [4.69, 9.17) is 16.6 Å². The fraction of sp³-hybridized carbons (Fsp3) is 0.429. The summed E-state index contributed by atoms with van der Waals surface area (Å²) < 4.78 is 71.9. The van der Waals surface area contributed by atoms with Gasteiger partial charge in [-0.2, -0.15) is 13.9 Å². The summed E-state index contributed by atoms with van der Waals surface area (Å²) in [7, 11) is -3.78. The van der Waals surface area contributed by atoms with E-state index < -0.39 is 39.7 Å². The number of benzene rings is 1. The molecule has 4 atom stereocenters. The number of aromatic nitrogens is 3. The lowest BCUT2D eigenvalue weighted by Crippen LogP contribution is -2.46. The van der Waals surface area contributed by atoms with Gasteiger partial charge in [0, 0.05) is 70.5 Å². The second-order valence-electron chi connectivity index (χ2n) is 11.3. The van der Waals surface area contributed by atoms with Gasteiger partial charge in [-0.15, -0.1) is 11.3 Å². The van der Waals surface area contributed by atoms with Crippen LogP contribution in [-0.2, 0) is 14.8 Å². The first-order valence-corrected chi connectivity index (χ1v) is 16.7. The standard InChI is InChI=1S/C28H26ClF3N6O3S2/c29-20-11-16(30)3-4-19(20)24-23(21-5-7-38(35-21)28(31)32)22-12-17(13-37(22)26(34-24)27-33-6-8-42-27)36-43(40,41)18-9-14-1-2-15(10-18)25(14)39/h3-8,11,14-15,17-18,24,28,36H,1-2,9-10,12-13H2/t14?,15?,17-,18?,24-/m0/s1. The Kier molecular flexibility index (Phi) is 7.22. The highest BCUT2D eigenvalue weighted by molar-refractivity contribution is 7.90. The molecule has 3 aromatic rings. The number of nitrogens with zero attached hydrogens (tertiary/aromatic N) is 5. The molecule has 2 unspecified atom stereocenters. The highest BCUT2D eigenvalue weighted by Gasteiger charge is 2.47. The Hall–Kier alpha value is -3.07. The molecule has 2 saturated carbocycles. The fourth-order valence-electron chi connectivity index (χ4n) is 6.83. The summed E-state index contributed by atoms with van der Waals surface area (Å²) in [5, 5.41) is 5.92. The van der Waals surface area contributed by atoms with Gasteiger partial charge in [-0.25, -0.2) is 27.2 Å². The zero-order chi connectivity index (χ0) is 30.0. The van der Waals surface area contributed by atoms with Crippen molar-refractivity contribution in [1.29, 1.82) is 0 Å². The topological polar surface area (TPSA) is 110 Å². The number of alkyl halides is 2. The normalized spacial score (nSPS) is 27.3. The Labute approximate surface area is 254 Å². The van der Waals surface area contributed by atoms with E-state index >= 15 is 0 Å². The van der Waals surface area contributed by atoms with E-state index in [0.29, 0.717) is 45.2 Å². The smallest absolute Gasteiger partial charge is 0.326 e. The number of ketones is 1. The van der Waals surface area contributed by atoms with Crippen LogP contribution in [0.3, 0.4) is 0 Å². The number of Topliss-reactive ketones (excluding diaryl/α,β-unsaturated/α-hetero) is 1. The molecule has 1 aromatic carbocycles. The zero-order valence-electron chi connectivity index (χ0n) is 22.5. The van der Waals surface area contributed by atoms with Crippen LogP contribution in [0.15, 0.2) is 52.7 Å². The molecular weight excluding hydrogens is 625 g/mol. The third-order valence-corrected chi connectivity index (χ3v) is 11.8. The number of hydrogen-bond donors (Lipinski definition) is 1. The van der Waals surface area contributed by atoms with E-state index in [9.17, 15) is 26.4 Å². The van der Waals surface area contributed by atoms with E-state index in [1.807, 2.05) is 4.90 Å². The number of sulfonamides is 1. The van der Waals surface area contributed by atoms with Gasteiger partial charge in [-0.1, -0.05) is 17.7 Å². The van der Waals surface area contributed by atoms with Gasteiger partial charge < -0.3 is 4.90 Å². The Balaban J connectivity index is 1.30. The summed E-state index contributed by atoms with van der Waals surface area (Å²) in [5.41, 5.74) is 1.77. The largest absolute Gasteiger partial charge is 0.333 e. The minimum Gasteiger partial charge on any atom is -0.326 e. The molecule has 0 radical (unpaired) electrons. The minimum absolute atomic E-state index is 0.101. The molecule has 2 aromatic heterocycles. The summed E-state index contributed by atoms with van der Waals surface area (Å²) >= 11 is 7.85. The van der Waals surface area contributed by atoms with Gasteiger partial charge in [0.05, 0.1) is 10.9 Å². The number of halogens is 4. The molecule has 226 valence electrons. The molecule has 9 nitrogen and oxygen atoms in total. The number of carbonyl (C=O) groups is 1. The first-order chi connectivity index (χ1) is 20.6. The van der Waals surface area contributed by atoms with Crippen molar-refractivity contribution in [2.75, 3.05) is 6.54 Å². The number of carbonyl (C=O) groups excluding carboxylic acids is 1. The molecule has 15 heteroatoms. The third-order valence-electron chi connectivity index (χ3n) is 8.76. The maximum absolute atomic E-state index is 14.0. The number of nitrogens with one attached hydrogen (secondary N) is 1. The number of fused-ring (bicyclic) bond motifs is 3. The molecule has 2 aliphatic heterocycles. The van der Waals surface area contributed by atoms with Gasteiger partial charge in [-0.05, 0) is 43.9 Å². The number of rotatable bonds is 7. The van der Waals surface area contributed by atoms with Crippen LogP contribution in [0.5, 0.6) is 0 Å². The van der Waals surface area contributed by atoms with E-state index in [2.05, 4.69) is 14.8 Å². The Morgan fingerprint density at radius 1 is 1.14 bits per heavy atom. The van der Waals surface area contributed by atoms with Crippen molar-refractivity contribution in [2.45, 2.75) is 56.0 Å². The van der Waals surface area contributed by atoms with Crippen molar-refractivity contribution < 1.29 is 26.4 Å². The van der Waals surface area contributed by atoms with Crippen LogP contribution >= 0.6 is 22.9 Å². The van der Waals surface area contributed by atoms with E-state index in [-0.39, 0.29) is 41.3 Å². The Morgan fingerprint density at radius 2 is 1.91 bits per heavy atom. The average Bonchev–Trinajstić information content (AvgIpc) is 3.75. The molecule has 1 saturated heterocycles. The number of hydrogen-bond acceptors (Lipinski definition) is 8. The van der Waals surface area contributed by atoms with Crippen LogP contribution in [0.25, 0.3) is 5.57 Å². The first kappa shape index (κ1) is 28.7. The molecular formula is C28H26ClF3N6O3S2. The van der Waals surface area contributed by atoms with Gasteiger partial charge in [0.25, 0.3) is 0 Å². The van der Waals surface area contributed by atoms with Crippen molar-refractivity contribution >= 4 is 50.2 Å². The molecule has 0 spiro atoms. The van der Waals surface area contributed by atoms with Crippen molar-refractivity contribution in [3.8, 4) is 0 Å². The summed E-state index contributed by atoms with van der Waals surface area (Å²) in [5.74, 6) is -0.314. The Morgan fingerprint density at radius 3 is 2.56 bits per heavy atom. The second kappa shape index (κ2) is 10.8. The van der Waals surface area contributed by atoms with Crippen LogP contribution in [0.2, 0.25) is 5.02 Å². The fourth-order valence-corrected chi connectivity index (χ4v) is 9.53. The highest BCUT2D eigenvalue weighted by Crippen LogP contribution is 2.47. The van der Waals surface area contributed by atoms with Crippen molar-refractivity contribution in [2.24, 2.45) is 16.8 Å². The van der Waals surface area contributed by atoms with Crippen molar-refractivity contribution in [3.63, 3.8) is 0 Å². The summed E-state index contributed by atoms with van der Waals surface area (Å²) in [4.78, 5) is 23.7. The lowest BCUT2D eigenvalue weighted by Gasteiger charge is -2.32. The van der Waals surface area contributed by atoms with Crippen LogP contribution in [0.4, 0.5) is 13.2 Å². The molecule has 3 fully saturated rings.